The predicted molar refractivity (Wildman–Crippen MR) is 60.2 cm³/mol. The van der Waals surface area contributed by atoms with E-state index in [1.54, 1.807) is 12.4 Å². The van der Waals surface area contributed by atoms with Gasteiger partial charge in [0.2, 0.25) is 0 Å². The molecule has 2 rings (SSSR count). The van der Waals surface area contributed by atoms with Crippen molar-refractivity contribution in [3.05, 3.63) is 46.6 Å². The molecule has 0 unspecified atom stereocenters. The SMILES string of the molecule is CCc1ccc(-n2cc[nH]c2=O)cc1N. The lowest BCUT2D eigenvalue weighted by atomic mass is 10.1. The molecule has 1 heterocycles. The molecule has 0 atom stereocenters. The number of hydrogen-bond donors (Lipinski definition) is 2. The highest BCUT2D eigenvalue weighted by Crippen LogP contribution is 2.16. The molecule has 0 aliphatic rings. The Kier molecular flexibility index (Phi) is 2.33. The van der Waals surface area contributed by atoms with Crippen molar-refractivity contribution in [1.82, 2.24) is 9.55 Å². The van der Waals surface area contributed by atoms with Crippen LogP contribution in [-0.4, -0.2) is 9.55 Å². The molecule has 0 fully saturated rings. The topological polar surface area (TPSA) is 63.8 Å². The summed E-state index contributed by atoms with van der Waals surface area (Å²) in [5.74, 6) is 0. The first-order valence-corrected chi connectivity index (χ1v) is 4.87. The van der Waals surface area contributed by atoms with Crippen molar-refractivity contribution < 1.29 is 0 Å². The molecule has 0 aliphatic heterocycles. The summed E-state index contributed by atoms with van der Waals surface area (Å²) in [6, 6.07) is 5.66. The molecule has 0 radical (unpaired) electrons. The van der Waals surface area contributed by atoms with Gasteiger partial charge in [-0.25, -0.2) is 4.79 Å². The minimum Gasteiger partial charge on any atom is -0.398 e. The number of rotatable bonds is 2. The number of benzene rings is 1. The number of aromatic amines is 1. The second kappa shape index (κ2) is 3.65. The van der Waals surface area contributed by atoms with Crippen molar-refractivity contribution in [3.63, 3.8) is 0 Å². The first-order valence-electron chi connectivity index (χ1n) is 4.87. The fraction of sp³-hybridized carbons (Fsp3) is 0.182. The molecule has 15 heavy (non-hydrogen) atoms. The normalized spacial score (nSPS) is 10.5. The van der Waals surface area contributed by atoms with Crippen LogP contribution in [0.25, 0.3) is 5.69 Å². The number of nitrogen functional groups attached to an aromatic ring is 1. The van der Waals surface area contributed by atoms with Crippen LogP contribution in [0.1, 0.15) is 12.5 Å². The molecule has 0 amide bonds. The second-order valence-electron chi connectivity index (χ2n) is 3.37. The van der Waals surface area contributed by atoms with Crippen molar-refractivity contribution in [1.29, 1.82) is 0 Å². The van der Waals surface area contributed by atoms with E-state index in [1.807, 2.05) is 25.1 Å². The van der Waals surface area contributed by atoms with E-state index >= 15 is 0 Å². The van der Waals surface area contributed by atoms with Gasteiger partial charge < -0.3 is 10.7 Å². The van der Waals surface area contributed by atoms with Crippen LogP contribution in [0.2, 0.25) is 0 Å². The molecule has 4 heteroatoms. The summed E-state index contributed by atoms with van der Waals surface area (Å²) < 4.78 is 1.52. The lowest BCUT2D eigenvalue weighted by molar-refractivity contribution is 0.984. The van der Waals surface area contributed by atoms with E-state index in [9.17, 15) is 4.79 Å². The summed E-state index contributed by atoms with van der Waals surface area (Å²) >= 11 is 0. The molecule has 0 saturated carbocycles. The van der Waals surface area contributed by atoms with Crippen molar-refractivity contribution in [2.24, 2.45) is 0 Å². The number of nitrogens with two attached hydrogens (primary N) is 1. The average molecular weight is 203 g/mol. The number of H-pyrrole nitrogens is 1. The molecule has 0 bridgehead atoms. The van der Waals surface area contributed by atoms with Crippen molar-refractivity contribution in [3.8, 4) is 5.69 Å². The molecule has 0 spiro atoms. The van der Waals surface area contributed by atoms with E-state index < -0.39 is 0 Å². The summed E-state index contributed by atoms with van der Waals surface area (Å²) in [7, 11) is 0. The smallest absolute Gasteiger partial charge is 0.330 e. The van der Waals surface area contributed by atoms with Gasteiger partial charge in [-0.15, -0.1) is 0 Å². The first-order chi connectivity index (χ1) is 7.22. The predicted octanol–water partition coefficient (Wildman–Crippen LogP) is 1.31. The molecular weight excluding hydrogens is 190 g/mol. The Morgan fingerprint density at radius 3 is 2.80 bits per heavy atom. The Hall–Kier alpha value is -1.97. The van der Waals surface area contributed by atoms with Crippen LogP contribution in [0, 0.1) is 0 Å². The molecule has 0 aliphatic carbocycles. The van der Waals surface area contributed by atoms with Crippen LogP contribution in [0.5, 0.6) is 0 Å². The molecule has 0 saturated heterocycles. The number of aryl methyl sites for hydroxylation is 1. The summed E-state index contributed by atoms with van der Waals surface area (Å²) in [6.07, 6.45) is 4.18. The van der Waals surface area contributed by atoms with Gasteiger partial charge in [-0.2, -0.15) is 0 Å². The van der Waals surface area contributed by atoms with Gasteiger partial charge in [-0.05, 0) is 24.1 Å². The second-order valence-corrected chi connectivity index (χ2v) is 3.37. The quantitative estimate of drug-likeness (QED) is 0.723. The van der Waals surface area contributed by atoms with Crippen LogP contribution in [-0.2, 0) is 6.42 Å². The monoisotopic (exact) mass is 203 g/mol. The molecule has 3 N–H and O–H groups in total. The third-order valence-corrected chi connectivity index (χ3v) is 2.44. The highest BCUT2D eigenvalue weighted by atomic mass is 16.1. The zero-order chi connectivity index (χ0) is 10.8. The van der Waals surface area contributed by atoms with E-state index in [0.717, 1.165) is 23.4 Å². The standard InChI is InChI=1S/C11H13N3O/c1-2-8-3-4-9(7-10(8)12)14-6-5-13-11(14)15/h3-7H,2,12H2,1H3,(H,13,15). The van der Waals surface area contributed by atoms with E-state index in [2.05, 4.69) is 4.98 Å². The number of nitrogens with zero attached hydrogens (tertiary/aromatic N) is 1. The van der Waals surface area contributed by atoms with Crippen LogP contribution >= 0.6 is 0 Å². The van der Waals surface area contributed by atoms with Gasteiger partial charge in [0.05, 0.1) is 5.69 Å². The van der Waals surface area contributed by atoms with Crippen molar-refractivity contribution >= 4 is 5.69 Å². The van der Waals surface area contributed by atoms with Gasteiger partial charge in [-0.1, -0.05) is 13.0 Å². The Morgan fingerprint density at radius 1 is 1.47 bits per heavy atom. The first kappa shape index (κ1) is 9.58. The largest absolute Gasteiger partial charge is 0.398 e. The minimum absolute atomic E-state index is 0.154. The highest BCUT2D eigenvalue weighted by Gasteiger charge is 2.02. The van der Waals surface area contributed by atoms with Crippen molar-refractivity contribution in [2.75, 3.05) is 5.73 Å². The van der Waals surface area contributed by atoms with E-state index in [4.69, 9.17) is 5.73 Å². The zero-order valence-electron chi connectivity index (χ0n) is 8.53. The summed E-state index contributed by atoms with van der Waals surface area (Å²) in [4.78, 5) is 13.9. The Labute approximate surface area is 87.4 Å². The molecule has 1 aromatic heterocycles. The molecule has 2 aromatic rings. The maximum atomic E-state index is 11.4. The number of hydrogen-bond acceptors (Lipinski definition) is 2. The summed E-state index contributed by atoms with van der Waals surface area (Å²) in [5.41, 5.74) is 8.32. The Balaban J connectivity index is 2.52. The van der Waals surface area contributed by atoms with Crippen LogP contribution in [0.3, 0.4) is 0 Å². The van der Waals surface area contributed by atoms with E-state index in [0.29, 0.717) is 0 Å². The minimum atomic E-state index is -0.154. The maximum Gasteiger partial charge on any atom is 0.330 e. The lowest BCUT2D eigenvalue weighted by Gasteiger charge is -2.06. The van der Waals surface area contributed by atoms with Gasteiger partial charge in [-0.3, -0.25) is 4.57 Å². The summed E-state index contributed by atoms with van der Waals surface area (Å²) in [5, 5.41) is 0. The summed E-state index contributed by atoms with van der Waals surface area (Å²) in [6.45, 7) is 2.05. The average Bonchev–Trinajstić information content (AvgIpc) is 2.64. The third kappa shape index (κ3) is 1.66. The van der Waals surface area contributed by atoms with Crippen LogP contribution in [0.4, 0.5) is 5.69 Å². The Bertz CT molecular complexity index is 525. The van der Waals surface area contributed by atoms with Gasteiger partial charge >= 0.3 is 5.69 Å². The van der Waals surface area contributed by atoms with Gasteiger partial charge in [0, 0.05) is 18.1 Å². The maximum absolute atomic E-state index is 11.4. The third-order valence-electron chi connectivity index (χ3n) is 2.44. The van der Waals surface area contributed by atoms with E-state index in [-0.39, 0.29) is 5.69 Å². The van der Waals surface area contributed by atoms with Crippen LogP contribution in [0.15, 0.2) is 35.4 Å². The molecular formula is C11H13N3O. The number of aromatic nitrogens is 2. The van der Waals surface area contributed by atoms with Gasteiger partial charge in [0.25, 0.3) is 0 Å². The zero-order valence-corrected chi connectivity index (χ0v) is 8.53. The highest BCUT2D eigenvalue weighted by molar-refractivity contribution is 5.53. The molecule has 4 nitrogen and oxygen atoms in total. The van der Waals surface area contributed by atoms with Crippen LogP contribution < -0.4 is 11.4 Å². The molecule has 78 valence electrons. The van der Waals surface area contributed by atoms with Gasteiger partial charge in [0.1, 0.15) is 0 Å². The molecule has 1 aromatic carbocycles. The fourth-order valence-corrected chi connectivity index (χ4v) is 1.58. The lowest BCUT2D eigenvalue weighted by Crippen LogP contribution is -2.14. The Morgan fingerprint density at radius 2 is 2.27 bits per heavy atom. The number of anilines is 1. The van der Waals surface area contributed by atoms with Crippen molar-refractivity contribution in [2.45, 2.75) is 13.3 Å². The number of imidazole rings is 1. The fourth-order valence-electron chi connectivity index (χ4n) is 1.58. The van der Waals surface area contributed by atoms with E-state index in [1.165, 1.54) is 4.57 Å². The van der Waals surface area contributed by atoms with Gasteiger partial charge in [0.15, 0.2) is 0 Å². The number of nitrogens with one attached hydrogen (secondary N) is 1.